The van der Waals surface area contributed by atoms with Gasteiger partial charge in [0, 0.05) is 10.6 Å². The van der Waals surface area contributed by atoms with E-state index in [0.29, 0.717) is 17.1 Å². The zero-order chi connectivity index (χ0) is 15.4. The Balaban J connectivity index is 2.24. The molecule has 0 radical (unpaired) electrons. The molecule has 0 saturated carbocycles. The van der Waals surface area contributed by atoms with Crippen LogP contribution in [0, 0.1) is 5.82 Å². The van der Waals surface area contributed by atoms with Crippen LogP contribution in [0.25, 0.3) is 0 Å². The van der Waals surface area contributed by atoms with E-state index in [0.717, 1.165) is 6.07 Å². The fourth-order valence-corrected chi connectivity index (χ4v) is 1.92. The van der Waals surface area contributed by atoms with Gasteiger partial charge in [0.1, 0.15) is 5.82 Å². The van der Waals surface area contributed by atoms with Crippen LogP contribution in [0.1, 0.15) is 10.4 Å². The van der Waals surface area contributed by atoms with E-state index in [2.05, 4.69) is 5.32 Å². The molecule has 0 fully saturated rings. The summed E-state index contributed by atoms with van der Waals surface area (Å²) in [4.78, 5) is 12.1. The Morgan fingerprint density at radius 3 is 2.43 bits per heavy atom. The van der Waals surface area contributed by atoms with Gasteiger partial charge in [-0.05, 0) is 36.4 Å². The van der Waals surface area contributed by atoms with Crippen LogP contribution in [0.4, 0.5) is 10.1 Å². The van der Waals surface area contributed by atoms with E-state index in [4.69, 9.17) is 21.1 Å². The number of anilines is 1. The second-order valence-corrected chi connectivity index (χ2v) is 4.58. The summed E-state index contributed by atoms with van der Waals surface area (Å²) in [5.41, 5.74) is 0.376. The van der Waals surface area contributed by atoms with E-state index in [-0.39, 0.29) is 10.7 Å². The number of methoxy groups -OCH3 is 2. The first kappa shape index (κ1) is 15.1. The molecule has 1 amide bonds. The number of ether oxygens (including phenoxy) is 2. The molecule has 2 aromatic carbocycles. The summed E-state index contributed by atoms with van der Waals surface area (Å²) in [6.07, 6.45) is 0. The van der Waals surface area contributed by atoms with Gasteiger partial charge < -0.3 is 14.8 Å². The minimum atomic E-state index is -0.601. The molecule has 2 rings (SSSR count). The van der Waals surface area contributed by atoms with E-state index < -0.39 is 11.7 Å². The van der Waals surface area contributed by atoms with E-state index >= 15 is 0 Å². The quantitative estimate of drug-likeness (QED) is 0.935. The topological polar surface area (TPSA) is 47.6 Å². The lowest BCUT2D eigenvalue weighted by Gasteiger charge is -2.10. The first-order valence-corrected chi connectivity index (χ1v) is 6.41. The van der Waals surface area contributed by atoms with Crippen LogP contribution in [0.3, 0.4) is 0 Å². The van der Waals surface area contributed by atoms with Crippen molar-refractivity contribution in [2.45, 2.75) is 0 Å². The summed E-state index contributed by atoms with van der Waals surface area (Å²) in [6, 6.07) is 8.70. The van der Waals surface area contributed by atoms with Gasteiger partial charge in [-0.3, -0.25) is 4.79 Å². The Morgan fingerprint density at radius 1 is 1.10 bits per heavy atom. The second kappa shape index (κ2) is 6.45. The molecule has 0 unspecified atom stereocenters. The fourth-order valence-electron chi connectivity index (χ4n) is 1.76. The van der Waals surface area contributed by atoms with Crippen molar-refractivity contribution < 1.29 is 18.7 Å². The Labute approximate surface area is 126 Å². The van der Waals surface area contributed by atoms with Crippen LogP contribution < -0.4 is 14.8 Å². The van der Waals surface area contributed by atoms with Crippen molar-refractivity contribution in [3.63, 3.8) is 0 Å². The van der Waals surface area contributed by atoms with Crippen molar-refractivity contribution in [1.29, 1.82) is 0 Å². The number of halogens is 2. The highest BCUT2D eigenvalue weighted by molar-refractivity contribution is 6.30. The average Bonchev–Trinajstić information content (AvgIpc) is 2.49. The van der Waals surface area contributed by atoms with Crippen LogP contribution in [0.5, 0.6) is 11.5 Å². The number of rotatable bonds is 4. The van der Waals surface area contributed by atoms with Gasteiger partial charge in [0.15, 0.2) is 11.5 Å². The minimum absolute atomic E-state index is 0.0548. The van der Waals surface area contributed by atoms with Gasteiger partial charge in [-0.1, -0.05) is 11.6 Å². The normalized spacial score (nSPS) is 10.1. The van der Waals surface area contributed by atoms with Crippen molar-refractivity contribution in [3.05, 3.63) is 52.8 Å². The summed E-state index contributed by atoms with van der Waals surface area (Å²) in [5.74, 6) is -0.137. The van der Waals surface area contributed by atoms with Crippen molar-refractivity contribution in [2.24, 2.45) is 0 Å². The molecule has 2 aromatic rings. The monoisotopic (exact) mass is 309 g/mol. The predicted molar refractivity (Wildman–Crippen MR) is 78.9 cm³/mol. The molecule has 0 aliphatic carbocycles. The van der Waals surface area contributed by atoms with Crippen molar-refractivity contribution in [3.8, 4) is 11.5 Å². The first-order valence-electron chi connectivity index (χ1n) is 6.03. The third-order valence-corrected chi connectivity index (χ3v) is 3.06. The molecular formula is C15H13ClFNO3. The molecule has 21 heavy (non-hydrogen) atoms. The highest BCUT2D eigenvalue weighted by Gasteiger charge is 2.13. The summed E-state index contributed by atoms with van der Waals surface area (Å²) in [5, 5.41) is 2.73. The van der Waals surface area contributed by atoms with Crippen molar-refractivity contribution in [2.75, 3.05) is 19.5 Å². The molecule has 0 aliphatic heterocycles. The molecule has 6 heteroatoms. The summed E-state index contributed by atoms with van der Waals surface area (Å²) >= 11 is 5.66. The number of carbonyl (C=O) groups is 1. The molecule has 0 bridgehead atoms. The maximum absolute atomic E-state index is 13.6. The lowest BCUT2D eigenvalue weighted by atomic mass is 10.2. The number of hydrogen-bond acceptors (Lipinski definition) is 3. The lowest BCUT2D eigenvalue weighted by molar-refractivity contribution is 0.102. The number of carbonyl (C=O) groups excluding carboxylic acids is 1. The third-order valence-electron chi connectivity index (χ3n) is 2.83. The highest BCUT2D eigenvalue weighted by atomic mass is 35.5. The molecule has 0 aliphatic rings. The molecular weight excluding hydrogens is 297 g/mol. The number of hydrogen-bond donors (Lipinski definition) is 1. The Hall–Kier alpha value is -2.27. The summed E-state index contributed by atoms with van der Waals surface area (Å²) in [7, 11) is 2.97. The molecule has 110 valence electrons. The SMILES string of the molecule is COc1ccc(C(=O)Nc2ccc(Cl)cc2F)cc1OC. The maximum Gasteiger partial charge on any atom is 0.255 e. The van der Waals surface area contributed by atoms with E-state index in [9.17, 15) is 9.18 Å². The number of benzene rings is 2. The highest BCUT2D eigenvalue weighted by Crippen LogP contribution is 2.28. The Kier molecular flexibility index (Phi) is 4.65. The molecule has 4 nitrogen and oxygen atoms in total. The summed E-state index contributed by atoms with van der Waals surface area (Å²) in [6.45, 7) is 0. The van der Waals surface area contributed by atoms with Gasteiger partial charge in [-0.15, -0.1) is 0 Å². The van der Waals surface area contributed by atoms with Crippen LogP contribution in [-0.2, 0) is 0 Å². The molecule has 0 saturated heterocycles. The maximum atomic E-state index is 13.6. The van der Waals surface area contributed by atoms with E-state index in [1.54, 1.807) is 12.1 Å². The number of amides is 1. The van der Waals surface area contributed by atoms with Crippen LogP contribution in [0.15, 0.2) is 36.4 Å². The molecule has 1 N–H and O–H groups in total. The zero-order valence-corrected chi connectivity index (χ0v) is 12.2. The van der Waals surface area contributed by atoms with E-state index in [1.165, 1.54) is 32.4 Å². The largest absolute Gasteiger partial charge is 0.493 e. The van der Waals surface area contributed by atoms with Gasteiger partial charge in [-0.25, -0.2) is 4.39 Å². The minimum Gasteiger partial charge on any atom is -0.493 e. The van der Waals surface area contributed by atoms with Crippen LogP contribution in [-0.4, -0.2) is 20.1 Å². The molecule has 0 aromatic heterocycles. The Morgan fingerprint density at radius 2 is 1.81 bits per heavy atom. The van der Waals surface area contributed by atoms with Crippen molar-refractivity contribution in [1.82, 2.24) is 0 Å². The van der Waals surface area contributed by atoms with Crippen LogP contribution >= 0.6 is 11.6 Å². The lowest BCUT2D eigenvalue weighted by Crippen LogP contribution is -2.13. The van der Waals surface area contributed by atoms with E-state index in [1.807, 2.05) is 0 Å². The van der Waals surface area contributed by atoms with Crippen molar-refractivity contribution >= 4 is 23.2 Å². The average molecular weight is 310 g/mol. The molecule has 0 heterocycles. The smallest absolute Gasteiger partial charge is 0.255 e. The van der Waals surface area contributed by atoms with Gasteiger partial charge in [-0.2, -0.15) is 0 Å². The second-order valence-electron chi connectivity index (χ2n) is 4.15. The standard InChI is InChI=1S/C15H13ClFNO3/c1-20-13-6-3-9(7-14(13)21-2)15(19)18-12-5-4-10(16)8-11(12)17/h3-8H,1-2H3,(H,18,19). The van der Waals surface area contributed by atoms with Gasteiger partial charge >= 0.3 is 0 Å². The first-order chi connectivity index (χ1) is 10.0. The fraction of sp³-hybridized carbons (Fsp3) is 0.133. The zero-order valence-electron chi connectivity index (χ0n) is 11.4. The van der Waals surface area contributed by atoms with Gasteiger partial charge in [0.25, 0.3) is 5.91 Å². The molecule has 0 atom stereocenters. The Bertz CT molecular complexity index is 676. The number of nitrogens with one attached hydrogen (secondary N) is 1. The van der Waals surface area contributed by atoms with Gasteiger partial charge in [0.05, 0.1) is 19.9 Å². The van der Waals surface area contributed by atoms with Gasteiger partial charge in [0.2, 0.25) is 0 Å². The predicted octanol–water partition coefficient (Wildman–Crippen LogP) is 3.75. The summed E-state index contributed by atoms with van der Waals surface area (Å²) < 4.78 is 23.9. The van der Waals surface area contributed by atoms with Crippen LogP contribution in [0.2, 0.25) is 5.02 Å². The third kappa shape index (κ3) is 3.44. The molecule has 0 spiro atoms.